The molecular weight excluding hydrogens is 782 g/mol. The van der Waals surface area contributed by atoms with Gasteiger partial charge in [0.2, 0.25) is 0 Å². The lowest BCUT2D eigenvalue weighted by Crippen LogP contribution is -2.47. The van der Waals surface area contributed by atoms with Gasteiger partial charge >= 0.3 is 11.9 Å². The van der Waals surface area contributed by atoms with Crippen LogP contribution in [0.25, 0.3) is 0 Å². The Hall–Kier alpha value is -3.36. The summed E-state index contributed by atoms with van der Waals surface area (Å²) in [7, 11) is 0. The highest BCUT2D eigenvalue weighted by molar-refractivity contribution is 5.70. The molecule has 342 valence electrons. The fourth-order valence-electron chi connectivity index (χ4n) is 5.99. The van der Waals surface area contributed by atoms with Gasteiger partial charge in [0.15, 0.2) is 12.1 Å². The maximum Gasteiger partial charge on any atom is 0.306 e. The van der Waals surface area contributed by atoms with Gasteiger partial charge in [0, 0.05) is 32.1 Å². The molecule has 60 heavy (non-hydrogen) atoms. The lowest BCUT2D eigenvalue weighted by molar-refractivity contribution is -0.240. The van der Waals surface area contributed by atoms with Crippen LogP contribution in [0.1, 0.15) is 97.3 Å². The summed E-state index contributed by atoms with van der Waals surface area (Å²) in [5.74, 6) is -5.30. The van der Waals surface area contributed by atoms with E-state index in [2.05, 4.69) is 0 Å². The maximum absolute atomic E-state index is 12.2. The molecule has 0 aromatic heterocycles. The van der Waals surface area contributed by atoms with Crippen LogP contribution in [-0.2, 0) is 23.8 Å². The zero-order chi connectivity index (χ0) is 44.9. The van der Waals surface area contributed by atoms with E-state index in [0.29, 0.717) is 12.8 Å². The molecule has 1 aliphatic rings. The second kappa shape index (κ2) is 31.5. The van der Waals surface area contributed by atoms with Crippen molar-refractivity contribution in [1.29, 1.82) is 0 Å². The van der Waals surface area contributed by atoms with E-state index in [1.54, 1.807) is 62.5 Å². The molecule has 0 aliphatic carbocycles. The molecule has 1 aliphatic heterocycles. The van der Waals surface area contributed by atoms with Crippen molar-refractivity contribution in [3.63, 3.8) is 0 Å². The first-order valence-corrected chi connectivity index (χ1v) is 20.7. The molecule has 10 atom stereocenters. The average Bonchev–Trinajstić information content (AvgIpc) is 3.16. The summed E-state index contributed by atoms with van der Waals surface area (Å²) in [4.78, 5) is 24.3. The lowest BCUT2D eigenvalue weighted by Gasteiger charge is -2.30. The minimum Gasteiger partial charge on any atom is -0.481 e. The van der Waals surface area contributed by atoms with E-state index in [9.17, 15) is 60.7 Å². The molecule has 16 heteroatoms. The summed E-state index contributed by atoms with van der Waals surface area (Å²) in [6.45, 7) is 3.43. The first kappa shape index (κ1) is 54.7. The number of allylic oxidation sites excluding steroid dienone is 12. The van der Waals surface area contributed by atoms with Gasteiger partial charge in [0.25, 0.3) is 0 Å². The molecule has 16 nitrogen and oxygen atoms in total. The SMILES string of the molecule is CC(C)OC(O[C@H]1/C=C/C=C/C=C/C=C/C=C/C=C/C=C/C[C@@H](O)CCOC(=O)CCC[C@H](O)CC[C@@H](O)[C@H](O)C[C@H](O)CC(O)(O)CC[C@@H](C(=O)O)CC1)C(O)C(N)O. The van der Waals surface area contributed by atoms with Gasteiger partial charge in [-0.1, -0.05) is 85.1 Å². The summed E-state index contributed by atoms with van der Waals surface area (Å²) < 4.78 is 16.8. The fraction of sp³-hybridized carbons (Fsp3) is 0.636. The highest BCUT2D eigenvalue weighted by atomic mass is 16.7. The van der Waals surface area contributed by atoms with Gasteiger partial charge < -0.3 is 71.0 Å². The topological polar surface area (TPSA) is 290 Å². The minimum absolute atomic E-state index is 0.0178. The fourth-order valence-corrected chi connectivity index (χ4v) is 5.99. The molecule has 0 fully saturated rings. The van der Waals surface area contributed by atoms with E-state index in [-0.39, 0.29) is 58.0 Å². The number of carboxylic acid groups (broad SMARTS) is 1. The number of hydrogen-bond acceptors (Lipinski definition) is 15. The van der Waals surface area contributed by atoms with Gasteiger partial charge in [-0.05, 0) is 65.2 Å². The first-order valence-electron chi connectivity index (χ1n) is 20.7. The highest BCUT2D eigenvalue weighted by Crippen LogP contribution is 2.26. The molecule has 1 rings (SSSR count). The summed E-state index contributed by atoms with van der Waals surface area (Å²) in [5.41, 5.74) is 5.49. The smallest absolute Gasteiger partial charge is 0.306 e. The summed E-state index contributed by atoms with van der Waals surface area (Å²) in [5, 5.41) is 103. The number of aliphatic hydroxyl groups is 9. The Morgan fingerprint density at radius 1 is 0.767 bits per heavy atom. The van der Waals surface area contributed by atoms with Gasteiger partial charge in [-0.15, -0.1) is 0 Å². The van der Waals surface area contributed by atoms with Gasteiger partial charge in [0.05, 0.1) is 55.3 Å². The van der Waals surface area contributed by atoms with Crippen LogP contribution in [0.15, 0.2) is 85.1 Å². The average molecular weight is 854 g/mol. The first-order chi connectivity index (χ1) is 28.4. The van der Waals surface area contributed by atoms with E-state index in [1.165, 1.54) is 0 Å². The third kappa shape index (κ3) is 27.5. The van der Waals surface area contributed by atoms with Crippen molar-refractivity contribution in [3.05, 3.63) is 85.1 Å². The number of rotatable bonds is 7. The Morgan fingerprint density at radius 3 is 1.95 bits per heavy atom. The second-order valence-electron chi connectivity index (χ2n) is 15.3. The molecular formula is C44H71NO15. The van der Waals surface area contributed by atoms with Crippen LogP contribution >= 0.6 is 0 Å². The Labute approximate surface area is 354 Å². The number of cyclic esters (lactones) is 1. The molecule has 0 aromatic carbocycles. The molecule has 12 N–H and O–H groups in total. The zero-order valence-corrected chi connectivity index (χ0v) is 34.9. The van der Waals surface area contributed by atoms with Crippen LogP contribution in [-0.4, -0.2) is 137 Å². The van der Waals surface area contributed by atoms with Crippen LogP contribution in [0.5, 0.6) is 0 Å². The minimum atomic E-state index is -2.52. The molecule has 0 aromatic rings. The number of aliphatic carboxylic acids is 1. The molecule has 0 bridgehead atoms. The number of carbonyl (C=O) groups is 2. The molecule has 3 unspecified atom stereocenters. The molecule has 0 spiro atoms. The van der Waals surface area contributed by atoms with Crippen LogP contribution < -0.4 is 5.73 Å². The van der Waals surface area contributed by atoms with Crippen molar-refractivity contribution in [2.45, 2.75) is 164 Å². The third-order valence-corrected chi connectivity index (χ3v) is 9.43. The predicted octanol–water partition coefficient (Wildman–Crippen LogP) is 2.47. The van der Waals surface area contributed by atoms with Crippen LogP contribution in [0.4, 0.5) is 0 Å². The molecule has 0 saturated heterocycles. The quantitative estimate of drug-likeness (QED) is 0.130. The van der Waals surface area contributed by atoms with Gasteiger partial charge in [-0.3, -0.25) is 9.59 Å². The van der Waals surface area contributed by atoms with Crippen molar-refractivity contribution in [2.24, 2.45) is 11.7 Å². The van der Waals surface area contributed by atoms with E-state index in [0.717, 1.165) is 0 Å². The van der Waals surface area contributed by atoms with Crippen molar-refractivity contribution in [1.82, 2.24) is 0 Å². The monoisotopic (exact) mass is 853 g/mol. The van der Waals surface area contributed by atoms with E-state index in [4.69, 9.17) is 19.9 Å². The van der Waals surface area contributed by atoms with Gasteiger partial charge in [0.1, 0.15) is 12.3 Å². The largest absolute Gasteiger partial charge is 0.481 e. The van der Waals surface area contributed by atoms with Crippen LogP contribution in [0.3, 0.4) is 0 Å². The Morgan fingerprint density at radius 2 is 1.37 bits per heavy atom. The summed E-state index contributed by atoms with van der Waals surface area (Å²) in [6.07, 6.45) is 12.5. The Kier molecular flexibility index (Phi) is 28.7. The van der Waals surface area contributed by atoms with Crippen LogP contribution in [0.2, 0.25) is 0 Å². The lowest BCUT2D eigenvalue weighted by atomic mass is 9.90. The number of carbonyl (C=O) groups excluding carboxylic acids is 1. The summed E-state index contributed by atoms with van der Waals surface area (Å²) in [6, 6.07) is 0. The number of aliphatic hydroxyl groups excluding tert-OH is 7. The van der Waals surface area contributed by atoms with Crippen molar-refractivity contribution >= 4 is 11.9 Å². The number of carboxylic acids is 1. The predicted molar refractivity (Wildman–Crippen MR) is 224 cm³/mol. The Bertz CT molecular complexity index is 1390. The van der Waals surface area contributed by atoms with E-state index < -0.39 is 104 Å². The maximum atomic E-state index is 12.2. The van der Waals surface area contributed by atoms with Crippen LogP contribution in [0, 0.1) is 5.92 Å². The number of hydrogen-bond donors (Lipinski definition) is 11. The van der Waals surface area contributed by atoms with Crippen molar-refractivity contribution in [2.75, 3.05) is 6.61 Å². The second-order valence-corrected chi connectivity index (χ2v) is 15.3. The van der Waals surface area contributed by atoms with E-state index >= 15 is 0 Å². The molecule has 0 amide bonds. The third-order valence-electron chi connectivity index (χ3n) is 9.43. The highest BCUT2D eigenvalue weighted by Gasteiger charge is 2.33. The van der Waals surface area contributed by atoms with Gasteiger partial charge in [-0.25, -0.2) is 0 Å². The molecule has 0 saturated carbocycles. The number of ether oxygens (including phenoxy) is 3. The Balaban J connectivity index is 3.15. The van der Waals surface area contributed by atoms with Gasteiger partial charge in [-0.2, -0.15) is 0 Å². The standard InChI is InChI=1S/C44H71NO15/c1-31(2)59-43(40(52)41(45)53)60-36-19-15-13-11-9-7-5-3-4-6-8-10-12-14-17-34(47)26-28-58-39(51)20-16-18-33(46)22-24-37(49)38(50)29-35(48)30-44(56,57)27-25-32(21-23-36)42(54)55/h3-15,19,31-38,40-41,43,46-50,52-53,56-57H,16-18,20-30,45H2,1-2H3,(H,54,55)/b5-3+,6-4+,9-7+,10-8+,13-11+,14-12+,19-15+/t32-,33-,34+,35-,36-,37+,38+,40?,41?,43?/m0/s1. The normalized spacial score (nSPS) is 32.7. The molecule has 0 radical (unpaired) electrons. The summed E-state index contributed by atoms with van der Waals surface area (Å²) >= 11 is 0. The zero-order valence-electron chi connectivity index (χ0n) is 34.9. The van der Waals surface area contributed by atoms with E-state index in [1.807, 2.05) is 36.5 Å². The molecule has 1 heterocycles. The van der Waals surface area contributed by atoms with Crippen molar-refractivity contribution in [3.8, 4) is 0 Å². The number of esters is 1. The number of nitrogens with two attached hydrogens (primary N) is 1. The van der Waals surface area contributed by atoms with Crippen molar-refractivity contribution < 1.29 is 74.9 Å².